The standard InChI is InChI=1S/C9H6NO2.In.2H/c11-8-6-4-2-1-3-5-7(6)9(12)10-8;;;/h1-5H,(H,10,11,12);;;. The molecule has 2 rings (SSSR count). The zero-order chi connectivity index (χ0) is 9.42. The molecule has 0 bridgehead atoms. The molecule has 3 nitrogen and oxygen atoms in total. The Morgan fingerprint density at radius 2 is 1.54 bits per heavy atom. The van der Waals surface area contributed by atoms with Crippen molar-refractivity contribution in [3.8, 4) is 0 Å². The van der Waals surface area contributed by atoms with Crippen molar-refractivity contribution >= 4 is 36.2 Å². The minimum absolute atomic E-state index is 0.273. The molecule has 4 heteroatoms. The van der Waals surface area contributed by atoms with Crippen LogP contribution in [0.1, 0.15) is 0 Å². The fourth-order valence-electron chi connectivity index (χ4n) is 1.37. The molecular weight excluding hydrogens is 269 g/mol. The molecule has 0 fully saturated rings. The summed E-state index contributed by atoms with van der Waals surface area (Å²) in [6, 6.07) is 0. The van der Waals surface area contributed by atoms with Crippen LogP contribution in [0.2, 0.25) is 3.67 Å². The van der Waals surface area contributed by atoms with Gasteiger partial charge in [0.15, 0.2) is 0 Å². The Balaban J connectivity index is 2.50. The first kappa shape index (κ1) is 8.81. The molecular formula is C9H8InNO2. The first-order chi connectivity index (χ1) is 6.18. The van der Waals surface area contributed by atoms with Gasteiger partial charge >= 0.3 is 90.2 Å². The van der Waals surface area contributed by atoms with E-state index < -0.39 is 0 Å². The van der Waals surface area contributed by atoms with Gasteiger partial charge in [0, 0.05) is 0 Å². The summed E-state index contributed by atoms with van der Waals surface area (Å²) in [6.07, 6.45) is 7.51. The molecule has 0 atom stereocenters. The summed E-state index contributed by atoms with van der Waals surface area (Å²) < 4.78 is 0.480. The molecule has 1 heterocycles. The topological polar surface area (TPSA) is 46.2 Å². The van der Waals surface area contributed by atoms with Crippen LogP contribution in [0.3, 0.4) is 0 Å². The minimum atomic E-state index is -0.273. The molecule has 2 amide bonds. The monoisotopic (exact) mass is 277 g/mol. The van der Waals surface area contributed by atoms with E-state index in [9.17, 15) is 9.59 Å². The molecule has 2 aliphatic rings. The second kappa shape index (κ2) is 3.18. The van der Waals surface area contributed by atoms with Gasteiger partial charge < -0.3 is 0 Å². The number of hydrogen-bond acceptors (Lipinski definition) is 2. The summed E-state index contributed by atoms with van der Waals surface area (Å²) in [5, 5.41) is 2.26. The molecule has 1 N–H and O–H groups in total. The number of nitrogens with one attached hydrogen (secondary N) is 1. The van der Waals surface area contributed by atoms with E-state index in [0.29, 0.717) is 39.2 Å². The van der Waals surface area contributed by atoms with Gasteiger partial charge in [-0.3, -0.25) is 0 Å². The molecule has 0 aromatic heterocycles. The summed E-state index contributed by atoms with van der Waals surface area (Å²) in [5.41, 5.74) is 1.02. The quantitative estimate of drug-likeness (QED) is 0.606. The number of carbonyl (C=O) groups excluding carboxylic acids is 2. The number of rotatable bonds is 0. The predicted octanol–water partition coefficient (Wildman–Crippen LogP) is -0.513. The van der Waals surface area contributed by atoms with Crippen molar-refractivity contribution < 1.29 is 9.59 Å². The van der Waals surface area contributed by atoms with Crippen LogP contribution < -0.4 is 5.32 Å². The Kier molecular flexibility index (Phi) is 2.15. The van der Waals surface area contributed by atoms with Crippen LogP contribution in [0.25, 0.3) is 0 Å². The van der Waals surface area contributed by atoms with Crippen molar-refractivity contribution in [3.05, 3.63) is 35.5 Å². The number of allylic oxidation sites excluding steroid dienone is 2. The van der Waals surface area contributed by atoms with Gasteiger partial charge in [0.25, 0.3) is 0 Å². The third-order valence-corrected chi connectivity index (χ3v) is 4.34. The number of hydrogen-bond donors (Lipinski definition) is 1. The Morgan fingerprint density at radius 1 is 1.08 bits per heavy atom. The SMILES string of the molecule is O=C1NC(=O)C2=C1C=C[CH]([InH2])C=C2. The van der Waals surface area contributed by atoms with E-state index in [4.69, 9.17) is 0 Å². The third kappa shape index (κ3) is 1.50. The molecule has 0 saturated carbocycles. The Labute approximate surface area is 90.1 Å². The van der Waals surface area contributed by atoms with Crippen LogP contribution in [-0.2, 0) is 9.59 Å². The summed E-state index contributed by atoms with van der Waals surface area (Å²) >= 11 is 0.491. The van der Waals surface area contributed by atoms with Gasteiger partial charge in [-0.25, -0.2) is 0 Å². The molecule has 1 aliphatic carbocycles. The molecule has 1 aliphatic heterocycles. The van der Waals surface area contributed by atoms with E-state index in [1.807, 2.05) is 12.2 Å². The van der Waals surface area contributed by atoms with Crippen molar-refractivity contribution in [2.24, 2.45) is 0 Å². The maximum atomic E-state index is 11.2. The van der Waals surface area contributed by atoms with E-state index >= 15 is 0 Å². The number of carbonyl (C=O) groups is 2. The van der Waals surface area contributed by atoms with Crippen LogP contribution in [-0.4, -0.2) is 36.2 Å². The Morgan fingerprint density at radius 3 is 2.00 bits per heavy atom. The predicted molar refractivity (Wildman–Crippen MR) is 50.7 cm³/mol. The molecule has 0 spiro atoms. The molecule has 0 unspecified atom stereocenters. The van der Waals surface area contributed by atoms with Crippen LogP contribution in [0.15, 0.2) is 35.5 Å². The van der Waals surface area contributed by atoms with E-state index in [-0.39, 0.29) is 11.8 Å². The van der Waals surface area contributed by atoms with Gasteiger partial charge in [-0.1, -0.05) is 0 Å². The molecule has 0 aromatic carbocycles. The van der Waals surface area contributed by atoms with Gasteiger partial charge in [-0.15, -0.1) is 0 Å². The average molecular weight is 277 g/mol. The van der Waals surface area contributed by atoms with Gasteiger partial charge in [0.1, 0.15) is 0 Å². The van der Waals surface area contributed by atoms with Gasteiger partial charge in [-0.2, -0.15) is 0 Å². The van der Waals surface area contributed by atoms with Crippen LogP contribution in [0.4, 0.5) is 0 Å². The van der Waals surface area contributed by atoms with Crippen molar-refractivity contribution in [3.63, 3.8) is 0 Å². The molecule has 13 heavy (non-hydrogen) atoms. The van der Waals surface area contributed by atoms with Crippen LogP contribution in [0.5, 0.6) is 0 Å². The zero-order valence-corrected chi connectivity index (χ0v) is 12.9. The number of imide groups is 1. The fourth-order valence-corrected chi connectivity index (χ4v) is 2.47. The Hall–Kier alpha value is -0.770. The first-order valence-corrected chi connectivity index (χ1v) is 7.44. The summed E-state index contributed by atoms with van der Waals surface area (Å²) in [6.45, 7) is 0. The van der Waals surface area contributed by atoms with Gasteiger partial charge in [0.2, 0.25) is 0 Å². The van der Waals surface area contributed by atoms with Crippen molar-refractivity contribution in [2.75, 3.05) is 0 Å². The third-order valence-electron chi connectivity index (χ3n) is 2.14. The maximum absolute atomic E-state index is 11.2. The van der Waals surface area contributed by atoms with Crippen LogP contribution in [0, 0.1) is 0 Å². The van der Waals surface area contributed by atoms with Gasteiger partial charge in [-0.05, 0) is 0 Å². The summed E-state index contributed by atoms with van der Waals surface area (Å²) in [5.74, 6) is -0.546. The molecule has 0 radical (unpaired) electrons. The molecule has 64 valence electrons. The molecule has 0 saturated heterocycles. The Bertz CT molecular complexity index is 345. The fraction of sp³-hybridized carbons (Fsp3) is 0.111. The van der Waals surface area contributed by atoms with E-state index in [2.05, 4.69) is 5.32 Å². The van der Waals surface area contributed by atoms with Crippen molar-refractivity contribution in [1.29, 1.82) is 0 Å². The number of amides is 2. The second-order valence-corrected chi connectivity index (χ2v) is 6.99. The van der Waals surface area contributed by atoms with E-state index in [1.54, 1.807) is 12.2 Å². The van der Waals surface area contributed by atoms with E-state index in [1.165, 1.54) is 0 Å². The van der Waals surface area contributed by atoms with Crippen molar-refractivity contribution in [2.45, 2.75) is 3.67 Å². The van der Waals surface area contributed by atoms with E-state index in [0.717, 1.165) is 0 Å². The zero-order valence-electron chi connectivity index (χ0n) is 7.20. The first-order valence-electron chi connectivity index (χ1n) is 4.15. The summed E-state index contributed by atoms with van der Waals surface area (Å²) in [7, 11) is 0. The van der Waals surface area contributed by atoms with Crippen LogP contribution >= 0.6 is 0 Å². The summed E-state index contributed by atoms with van der Waals surface area (Å²) in [4.78, 5) is 22.4. The molecule has 0 aromatic rings. The van der Waals surface area contributed by atoms with Gasteiger partial charge in [0.05, 0.1) is 0 Å². The van der Waals surface area contributed by atoms with Crippen molar-refractivity contribution in [1.82, 2.24) is 5.32 Å². The normalized spacial score (nSPS) is 21.8. The average Bonchev–Trinajstić information content (AvgIpc) is 2.27. The second-order valence-electron chi connectivity index (χ2n) is 3.19.